The van der Waals surface area contributed by atoms with Crippen LogP contribution in [0.5, 0.6) is 0 Å². The summed E-state index contributed by atoms with van der Waals surface area (Å²) in [6.45, 7) is 0.377. The second kappa shape index (κ2) is 4.17. The highest BCUT2D eigenvalue weighted by Gasteiger charge is 2.35. The van der Waals surface area contributed by atoms with Crippen LogP contribution in [0.2, 0.25) is 0 Å². The molecule has 1 heterocycles. The summed E-state index contributed by atoms with van der Waals surface area (Å²) < 4.78 is 36.9. The molecule has 17 heavy (non-hydrogen) atoms. The molecule has 0 bridgehead atoms. The second-order valence-corrected chi connectivity index (χ2v) is 3.41. The fourth-order valence-corrected chi connectivity index (χ4v) is 1.31. The van der Waals surface area contributed by atoms with Gasteiger partial charge in [0.25, 0.3) is 0 Å². The van der Waals surface area contributed by atoms with Gasteiger partial charge in [-0.1, -0.05) is 24.3 Å². The Labute approximate surface area is 94.7 Å². The lowest BCUT2D eigenvalue weighted by atomic mass is 10.1. The molecule has 0 aliphatic heterocycles. The summed E-state index contributed by atoms with van der Waals surface area (Å²) in [7, 11) is 0. The van der Waals surface area contributed by atoms with E-state index in [1.54, 1.807) is 24.3 Å². The van der Waals surface area contributed by atoms with Crippen molar-refractivity contribution in [3.8, 4) is 11.4 Å². The fraction of sp³-hybridized carbons (Fsp3) is 0.200. The number of nitrogens with one attached hydrogen (secondary N) is 1. The van der Waals surface area contributed by atoms with Crippen molar-refractivity contribution in [1.29, 1.82) is 0 Å². The molecular formula is C10H9F3N4. The molecule has 0 aliphatic rings. The monoisotopic (exact) mass is 242 g/mol. The van der Waals surface area contributed by atoms with Gasteiger partial charge < -0.3 is 5.73 Å². The average molecular weight is 242 g/mol. The van der Waals surface area contributed by atoms with Crippen LogP contribution in [0.3, 0.4) is 0 Å². The van der Waals surface area contributed by atoms with E-state index in [0.29, 0.717) is 12.1 Å². The van der Waals surface area contributed by atoms with Crippen molar-refractivity contribution >= 4 is 0 Å². The molecular weight excluding hydrogens is 233 g/mol. The van der Waals surface area contributed by atoms with Crippen LogP contribution in [-0.2, 0) is 12.7 Å². The van der Waals surface area contributed by atoms with E-state index in [9.17, 15) is 13.2 Å². The minimum absolute atomic E-state index is 0.0147. The standard InChI is InChI=1S/C10H9F3N4/c11-10(12,13)9-15-8(16-17-9)7-3-1-6(5-14)2-4-7/h1-4H,5,14H2,(H,15,16,17). The number of aromatic nitrogens is 3. The van der Waals surface area contributed by atoms with E-state index < -0.39 is 12.0 Å². The molecule has 90 valence electrons. The van der Waals surface area contributed by atoms with Crippen LogP contribution in [0.25, 0.3) is 11.4 Å². The number of H-pyrrole nitrogens is 1. The number of rotatable bonds is 2. The second-order valence-electron chi connectivity index (χ2n) is 3.41. The van der Waals surface area contributed by atoms with Crippen LogP contribution < -0.4 is 5.73 Å². The van der Waals surface area contributed by atoms with Crippen molar-refractivity contribution in [3.63, 3.8) is 0 Å². The SMILES string of the molecule is NCc1ccc(-c2n[nH]c(C(F)(F)F)n2)cc1. The summed E-state index contributed by atoms with van der Waals surface area (Å²) in [5.41, 5.74) is 6.81. The Balaban J connectivity index is 2.30. The molecule has 0 saturated heterocycles. The van der Waals surface area contributed by atoms with E-state index in [0.717, 1.165) is 5.56 Å². The van der Waals surface area contributed by atoms with E-state index >= 15 is 0 Å². The highest BCUT2D eigenvalue weighted by molar-refractivity contribution is 5.54. The van der Waals surface area contributed by atoms with Crippen LogP contribution in [0.4, 0.5) is 13.2 Å². The number of halogens is 3. The molecule has 0 unspecified atom stereocenters. The first kappa shape index (κ1) is 11.6. The fourth-order valence-electron chi connectivity index (χ4n) is 1.31. The number of nitrogens with two attached hydrogens (primary N) is 1. The van der Waals surface area contributed by atoms with Gasteiger partial charge in [0.2, 0.25) is 5.82 Å². The number of alkyl halides is 3. The van der Waals surface area contributed by atoms with Gasteiger partial charge in [0.15, 0.2) is 5.82 Å². The number of hydrogen-bond donors (Lipinski definition) is 2. The molecule has 1 aromatic heterocycles. The van der Waals surface area contributed by atoms with Gasteiger partial charge in [-0.05, 0) is 5.56 Å². The zero-order valence-corrected chi connectivity index (χ0v) is 8.62. The van der Waals surface area contributed by atoms with Crippen LogP contribution >= 0.6 is 0 Å². The van der Waals surface area contributed by atoms with Crippen molar-refractivity contribution in [2.24, 2.45) is 5.73 Å². The van der Waals surface area contributed by atoms with Crippen molar-refractivity contribution in [3.05, 3.63) is 35.7 Å². The van der Waals surface area contributed by atoms with Gasteiger partial charge in [-0.15, -0.1) is 0 Å². The maximum Gasteiger partial charge on any atom is 0.451 e. The lowest BCUT2D eigenvalue weighted by Crippen LogP contribution is -2.07. The average Bonchev–Trinajstić information content (AvgIpc) is 2.78. The van der Waals surface area contributed by atoms with Crippen molar-refractivity contribution in [2.75, 3.05) is 0 Å². The first-order valence-electron chi connectivity index (χ1n) is 4.79. The van der Waals surface area contributed by atoms with Crippen LogP contribution in [0.15, 0.2) is 24.3 Å². The molecule has 2 aromatic rings. The Bertz CT molecular complexity index is 501. The number of nitrogens with zero attached hydrogens (tertiary/aromatic N) is 2. The minimum atomic E-state index is -4.51. The molecule has 0 aliphatic carbocycles. The molecule has 3 N–H and O–H groups in total. The van der Waals surface area contributed by atoms with Gasteiger partial charge in [0.1, 0.15) is 0 Å². The third-order valence-electron chi connectivity index (χ3n) is 2.20. The van der Waals surface area contributed by atoms with E-state index in [1.165, 1.54) is 0 Å². The molecule has 0 fully saturated rings. The molecule has 0 spiro atoms. The molecule has 2 rings (SSSR count). The van der Waals surface area contributed by atoms with E-state index in [2.05, 4.69) is 10.1 Å². The predicted octanol–water partition coefficient (Wildman–Crippen LogP) is 1.95. The van der Waals surface area contributed by atoms with Gasteiger partial charge in [-0.3, -0.25) is 5.10 Å². The highest BCUT2D eigenvalue weighted by atomic mass is 19.4. The van der Waals surface area contributed by atoms with Gasteiger partial charge >= 0.3 is 6.18 Å². The summed E-state index contributed by atoms with van der Waals surface area (Å²) in [4.78, 5) is 3.38. The lowest BCUT2D eigenvalue weighted by Gasteiger charge is -1.99. The first-order valence-corrected chi connectivity index (χ1v) is 4.79. The van der Waals surface area contributed by atoms with Gasteiger partial charge in [-0.25, -0.2) is 4.98 Å². The third-order valence-corrected chi connectivity index (χ3v) is 2.20. The molecule has 0 atom stereocenters. The normalized spacial score (nSPS) is 11.8. The molecule has 4 nitrogen and oxygen atoms in total. The quantitative estimate of drug-likeness (QED) is 0.845. The topological polar surface area (TPSA) is 67.6 Å². The Kier molecular flexibility index (Phi) is 2.84. The maximum absolute atomic E-state index is 12.3. The van der Waals surface area contributed by atoms with E-state index in [1.807, 2.05) is 5.10 Å². The highest BCUT2D eigenvalue weighted by Crippen LogP contribution is 2.27. The first-order chi connectivity index (χ1) is 8.00. The van der Waals surface area contributed by atoms with Crippen molar-refractivity contribution < 1.29 is 13.2 Å². The molecule has 0 amide bonds. The minimum Gasteiger partial charge on any atom is -0.326 e. The third kappa shape index (κ3) is 2.44. The Morgan fingerprint density at radius 3 is 2.29 bits per heavy atom. The Hall–Kier alpha value is -1.89. The number of hydrogen-bond acceptors (Lipinski definition) is 3. The van der Waals surface area contributed by atoms with Crippen LogP contribution in [0.1, 0.15) is 11.4 Å². The summed E-state index contributed by atoms with van der Waals surface area (Å²) in [6, 6.07) is 6.70. The Morgan fingerprint density at radius 1 is 1.18 bits per heavy atom. The molecule has 0 radical (unpaired) electrons. The zero-order chi connectivity index (χ0) is 12.5. The summed E-state index contributed by atoms with van der Waals surface area (Å²) in [5, 5.41) is 5.38. The Morgan fingerprint density at radius 2 is 1.82 bits per heavy atom. The van der Waals surface area contributed by atoms with Crippen LogP contribution in [-0.4, -0.2) is 15.2 Å². The maximum atomic E-state index is 12.3. The van der Waals surface area contributed by atoms with Crippen LogP contribution in [0, 0.1) is 0 Å². The molecule has 7 heteroatoms. The summed E-state index contributed by atoms with van der Waals surface area (Å²) in [5.74, 6) is -1.09. The lowest BCUT2D eigenvalue weighted by molar-refractivity contribution is -0.144. The van der Waals surface area contributed by atoms with Gasteiger partial charge in [0.05, 0.1) is 0 Å². The van der Waals surface area contributed by atoms with E-state index in [4.69, 9.17) is 5.73 Å². The zero-order valence-electron chi connectivity index (χ0n) is 8.62. The number of aromatic amines is 1. The van der Waals surface area contributed by atoms with Crippen molar-refractivity contribution in [1.82, 2.24) is 15.2 Å². The van der Waals surface area contributed by atoms with E-state index in [-0.39, 0.29) is 5.82 Å². The largest absolute Gasteiger partial charge is 0.451 e. The predicted molar refractivity (Wildman–Crippen MR) is 54.7 cm³/mol. The van der Waals surface area contributed by atoms with Gasteiger partial charge in [0, 0.05) is 12.1 Å². The number of benzene rings is 1. The summed E-state index contributed by atoms with van der Waals surface area (Å²) in [6.07, 6.45) is -4.51. The molecule has 0 saturated carbocycles. The molecule has 1 aromatic carbocycles. The van der Waals surface area contributed by atoms with Crippen molar-refractivity contribution in [2.45, 2.75) is 12.7 Å². The summed E-state index contributed by atoms with van der Waals surface area (Å²) >= 11 is 0. The van der Waals surface area contributed by atoms with Gasteiger partial charge in [-0.2, -0.15) is 18.3 Å². The smallest absolute Gasteiger partial charge is 0.326 e.